The number of ether oxygens (including phenoxy) is 1. The molecule has 4 rings (SSSR count). The van der Waals surface area contributed by atoms with Gasteiger partial charge in [0.05, 0.1) is 18.1 Å². The van der Waals surface area contributed by atoms with Crippen molar-refractivity contribution in [2.45, 2.75) is 13.0 Å². The molecular weight excluding hydrogens is 394 g/mol. The van der Waals surface area contributed by atoms with E-state index in [1.165, 1.54) is 4.90 Å². The Morgan fingerprint density at radius 1 is 1.21 bits per heavy atom. The van der Waals surface area contributed by atoms with Crippen LogP contribution < -0.4 is 10.2 Å². The van der Waals surface area contributed by atoms with Crippen molar-refractivity contribution < 1.29 is 18.8 Å². The average Bonchev–Trinajstić information content (AvgIpc) is 3.29. The number of amides is 2. The van der Waals surface area contributed by atoms with E-state index in [1.807, 2.05) is 36.4 Å². The number of aryl methyl sites for hydroxylation is 1. The first-order chi connectivity index (χ1) is 14.0. The number of anilines is 1. The SMILES string of the molecule is Cc1onc(-c2ccccc2Cl)c1C(=O)NC[C@@H]1CN(c2ccccc2)C(=O)O1. The Balaban J connectivity index is 1.46. The summed E-state index contributed by atoms with van der Waals surface area (Å²) in [5.74, 6) is 0.0135. The van der Waals surface area contributed by atoms with E-state index in [0.29, 0.717) is 34.1 Å². The third kappa shape index (κ3) is 3.82. The van der Waals surface area contributed by atoms with Crippen molar-refractivity contribution in [3.8, 4) is 11.3 Å². The van der Waals surface area contributed by atoms with Crippen LogP contribution in [0.2, 0.25) is 5.02 Å². The lowest BCUT2D eigenvalue weighted by atomic mass is 10.1. The number of benzene rings is 2. The van der Waals surface area contributed by atoms with Crippen LogP contribution >= 0.6 is 11.6 Å². The molecule has 7 nitrogen and oxygen atoms in total. The molecule has 1 aliphatic heterocycles. The van der Waals surface area contributed by atoms with Gasteiger partial charge in [0.1, 0.15) is 23.1 Å². The number of halogens is 1. The van der Waals surface area contributed by atoms with Crippen LogP contribution in [0.25, 0.3) is 11.3 Å². The van der Waals surface area contributed by atoms with Gasteiger partial charge in [0.15, 0.2) is 0 Å². The fraction of sp³-hybridized carbons (Fsp3) is 0.190. The maximum atomic E-state index is 12.8. The highest BCUT2D eigenvalue weighted by atomic mass is 35.5. The number of para-hydroxylation sites is 1. The van der Waals surface area contributed by atoms with Gasteiger partial charge < -0.3 is 14.6 Å². The number of carbonyl (C=O) groups excluding carboxylic acids is 2. The van der Waals surface area contributed by atoms with Gasteiger partial charge >= 0.3 is 6.09 Å². The molecule has 0 spiro atoms. The summed E-state index contributed by atoms with van der Waals surface area (Å²) in [6.07, 6.45) is -0.899. The summed E-state index contributed by atoms with van der Waals surface area (Å²) in [4.78, 5) is 26.5. The van der Waals surface area contributed by atoms with Crippen molar-refractivity contribution in [1.29, 1.82) is 0 Å². The van der Waals surface area contributed by atoms with Gasteiger partial charge in [0.25, 0.3) is 5.91 Å². The van der Waals surface area contributed by atoms with E-state index in [1.54, 1.807) is 25.1 Å². The zero-order valence-corrected chi connectivity index (χ0v) is 16.3. The number of aromatic nitrogens is 1. The van der Waals surface area contributed by atoms with E-state index in [0.717, 1.165) is 5.69 Å². The first-order valence-corrected chi connectivity index (χ1v) is 9.45. The van der Waals surface area contributed by atoms with E-state index >= 15 is 0 Å². The van der Waals surface area contributed by atoms with E-state index < -0.39 is 12.2 Å². The first-order valence-electron chi connectivity index (χ1n) is 9.07. The maximum absolute atomic E-state index is 12.8. The summed E-state index contributed by atoms with van der Waals surface area (Å²) in [5, 5.41) is 7.27. The van der Waals surface area contributed by atoms with Gasteiger partial charge in [0, 0.05) is 11.3 Å². The second kappa shape index (κ2) is 7.97. The fourth-order valence-corrected chi connectivity index (χ4v) is 3.44. The lowest BCUT2D eigenvalue weighted by Gasteiger charge is -2.13. The molecule has 1 N–H and O–H groups in total. The van der Waals surface area contributed by atoms with Crippen LogP contribution in [0.15, 0.2) is 59.1 Å². The molecule has 1 aromatic heterocycles. The maximum Gasteiger partial charge on any atom is 0.414 e. The summed E-state index contributed by atoms with van der Waals surface area (Å²) in [6.45, 7) is 2.18. The minimum absolute atomic E-state index is 0.167. The van der Waals surface area contributed by atoms with Crippen molar-refractivity contribution >= 4 is 29.3 Å². The summed E-state index contributed by atoms with van der Waals surface area (Å²) >= 11 is 6.24. The van der Waals surface area contributed by atoms with E-state index in [2.05, 4.69) is 10.5 Å². The zero-order chi connectivity index (χ0) is 20.4. The van der Waals surface area contributed by atoms with Crippen LogP contribution in [0.3, 0.4) is 0 Å². The zero-order valence-electron chi connectivity index (χ0n) is 15.6. The monoisotopic (exact) mass is 411 g/mol. The highest BCUT2D eigenvalue weighted by Gasteiger charge is 2.33. The predicted octanol–water partition coefficient (Wildman–Crippen LogP) is 4.06. The Bertz CT molecular complexity index is 1050. The number of rotatable bonds is 5. The van der Waals surface area contributed by atoms with Crippen molar-refractivity contribution in [1.82, 2.24) is 10.5 Å². The molecule has 2 aromatic carbocycles. The highest BCUT2D eigenvalue weighted by Crippen LogP contribution is 2.31. The van der Waals surface area contributed by atoms with Gasteiger partial charge in [-0.15, -0.1) is 0 Å². The number of nitrogens with zero attached hydrogens (tertiary/aromatic N) is 2. The summed E-state index contributed by atoms with van der Waals surface area (Å²) in [6, 6.07) is 16.3. The molecule has 29 heavy (non-hydrogen) atoms. The van der Waals surface area contributed by atoms with E-state index in [-0.39, 0.29) is 12.5 Å². The van der Waals surface area contributed by atoms with Gasteiger partial charge in [-0.1, -0.05) is 53.2 Å². The molecule has 0 radical (unpaired) electrons. The molecule has 1 saturated heterocycles. The van der Waals surface area contributed by atoms with Crippen LogP contribution in [0.5, 0.6) is 0 Å². The quantitative estimate of drug-likeness (QED) is 0.684. The normalized spacial score (nSPS) is 16.0. The molecule has 0 unspecified atom stereocenters. The Labute approximate surface area is 172 Å². The predicted molar refractivity (Wildman–Crippen MR) is 108 cm³/mol. The molecule has 3 aromatic rings. The molecule has 1 fully saturated rings. The second-order valence-corrected chi connectivity index (χ2v) is 7.01. The van der Waals surface area contributed by atoms with Gasteiger partial charge in [-0.25, -0.2) is 4.79 Å². The van der Waals surface area contributed by atoms with Gasteiger partial charge in [-0.2, -0.15) is 0 Å². The Morgan fingerprint density at radius 3 is 2.69 bits per heavy atom. The third-order valence-corrected chi connectivity index (χ3v) is 4.98. The van der Waals surface area contributed by atoms with Gasteiger partial charge in [-0.3, -0.25) is 9.69 Å². The number of cyclic esters (lactones) is 1. The van der Waals surface area contributed by atoms with E-state index in [9.17, 15) is 9.59 Å². The molecule has 0 bridgehead atoms. The lowest BCUT2D eigenvalue weighted by molar-refractivity contribution is 0.0915. The minimum atomic E-state index is -0.462. The van der Waals surface area contributed by atoms with Crippen LogP contribution in [-0.4, -0.2) is 36.4 Å². The third-order valence-electron chi connectivity index (χ3n) is 4.65. The van der Waals surface area contributed by atoms with Crippen LogP contribution in [0, 0.1) is 6.92 Å². The topological polar surface area (TPSA) is 84.7 Å². The molecule has 1 aliphatic rings. The molecule has 8 heteroatoms. The summed E-state index contributed by atoms with van der Waals surface area (Å²) in [5.41, 5.74) is 2.04. The van der Waals surface area contributed by atoms with E-state index in [4.69, 9.17) is 20.9 Å². The fourth-order valence-electron chi connectivity index (χ4n) is 3.22. The number of hydrogen-bond donors (Lipinski definition) is 1. The smallest absolute Gasteiger partial charge is 0.414 e. The van der Waals surface area contributed by atoms with Crippen LogP contribution in [0.1, 0.15) is 16.1 Å². The number of nitrogens with one attached hydrogen (secondary N) is 1. The van der Waals surface area contributed by atoms with Crippen LogP contribution in [-0.2, 0) is 4.74 Å². The molecule has 2 amide bonds. The summed E-state index contributed by atoms with van der Waals surface area (Å²) < 4.78 is 10.6. The van der Waals surface area contributed by atoms with Crippen molar-refractivity contribution in [2.75, 3.05) is 18.0 Å². The molecule has 148 valence electrons. The summed E-state index contributed by atoms with van der Waals surface area (Å²) in [7, 11) is 0. The highest BCUT2D eigenvalue weighted by molar-refractivity contribution is 6.33. The largest absolute Gasteiger partial charge is 0.442 e. The first kappa shape index (κ1) is 19.0. The lowest BCUT2D eigenvalue weighted by Crippen LogP contribution is -2.35. The van der Waals surface area contributed by atoms with Gasteiger partial charge in [0.2, 0.25) is 0 Å². The van der Waals surface area contributed by atoms with Crippen LogP contribution in [0.4, 0.5) is 10.5 Å². The van der Waals surface area contributed by atoms with Gasteiger partial charge in [-0.05, 0) is 25.1 Å². The standard InChI is InChI=1S/C21H18ClN3O4/c1-13-18(19(24-29-13)16-9-5-6-10-17(16)22)20(26)23-11-15-12-25(21(27)28-15)14-7-3-2-4-8-14/h2-10,15H,11-12H2,1H3,(H,23,26)/t15-/m1/s1. The van der Waals surface area contributed by atoms with Crippen molar-refractivity contribution in [2.24, 2.45) is 0 Å². The Kier molecular flexibility index (Phi) is 5.22. The molecule has 0 saturated carbocycles. The average molecular weight is 412 g/mol. The number of hydrogen-bond acceptors (Lipinski definition) is 5. The Hall–Kier alpha value is -3.32. The number of carbonyl (C=O) groups is 2. The second-order valence-electron chi connectivity index (χ2n) is 6.60. The molecule has 1 atom stereocenters. The van der Waals surface area contributed by atoms with Crippen molar-refractivity contribution in [3.05, 3.63) is 70.9 Å². The molecular formula is C21H18ClN3O4. The Morgan fingerprint density at radius 2 is 1.93 bits per heavy atom. The minimum Gasteiger partial charge on any atom is -0.442 e. The molecule has 0 aliphatic carbocycles. The van der Waals surface area contributed by atoms with Crippen molar-refractivity contribution in [3.63, 3.8) is 0 Å². The molecule has 2 heterocycles.